The van der Waals surface area contributed by atoms with Crippen molar-refractivity contribution in [2.75, 3.05) is 18.0 Å². The molecule has 1 aliphatic heterocycles. The molecular weight excluding hydrogens is 246 g/mol. The molecular formula is C15H20ClNO. The van der Waals surface area contributed by atoms with Crippen LogP contribution < -0.4 is 4.90 Å². The minimum Gasteiger partial charge on any atom is -0.370 e. The minimum atomic E-state index is 0.640. The van der Waals surface area contributed by atoms with E-state index < -0.39 is 0 Å². The Hall–Kier alpha value is -1.02. The van der Waals surface area contributed by atoms with Crippen LogP contribution in [-0.2, 0) is 0 Å². The Labute approximate surface area is 114 Å². The van der Waals surface area contributed by atoms with E-state index in [9.17, 15) is 4.79 Å². The maximum absolute atomic E-state index is 10.7. The molecule has 1 aromatic carbocycles. The number of carbonyl (C=O) groups is 1. The van der Waals surface area contributed by atoms with Crippen LogP contribution in [0.25, 0.3) is 0 Å². The Bertz CT molecular complexity index is 423. The van der Waals surface area contributed by atoms with Gasteiger partial charge in [-0.1, -0.05) is 25.4 Å². The van der Waals surface area contributed by atoms with E-state index in [1.165, 1.54) is 12.8 Å². The van der Waals surface area contributed by atoms with Gasteiger partial charge in [0, 0.05) is 18.7 Å². The molecule has 0 aromatic heterocycles. The molecule has 1 saturated heterocycles. The summed E-state index contributed by atoms with van der Waals surface area (Å²) in [6.45, 7) is 6.71. The summed E-state index contributed by atoms with van der Waals surface area (Å²) in [4.78, 5) is 13.0. The highest BCUT2D eigenvalue weighted by atomic mass is 35.5. The molecule has 98 valence electrons. The average molecular weight is 266 g/mol. The third kappa shape index (κ3) is 2.86. The number of hydrogen-bond donors (Lipinski definition) is 0. The largest absolute Gasteiger partial charge is 0.370 e. The highest BCUT2D eigenvalue weighted by Gasteiger charge is 2.22. The number of rotatable bonds is 3. The second-order valence-corrected chi connectivity index (χ2v) is 5.80. The van der Waals surface area contributed by atoms with Crippen molar-refractivity contribution in [3.05, 3.63) is 28.8 Å². The lowest BCUT2D eigenvalue weighted by atomic mass is 9.86. The fourth-order valence-electron chi connectivity index (χ4n) is 2.66. The van der Waals surface area contributed by atoms with Crippen LogP contribution in [0.2, 0.25) is 5.02 Å². The lowest BCUT2D eigenvalue weighted by Gasteiger charge is -2.35. The number of anilines is 1. The Balaban J connectivity index is 2.07. The molecule has 0 spiro atoms. The number of aldehydes is 1. The molecule has 0 N–H and O–H groups in total. The number of carbonyl (C=O) groups excluding carboxylic acids is 1. The molecule has 0 saturated carbocycles. The Morgan fingerprint density at radius 2 is 2.00 bits per heavy atom. The van der Waals surface area contributed by atoms with Crippen LogP contribution in [0.1, 0.15) is 37.0 Å². The van der Waals surface area contributed by atoms with Gasteiger partial charge in [0.2, 0.25) is 0 Å². The first-order valence-corrected chi connectivity index (χ1v) is 6.99. The van der Waals surface area contributed by atoms with E-state index >= 15 is 0 Å². The maximum atomic E-state index is 10.7. The summed E-state index contributed by atoms with van der Waals surface area (Å²) in [5.41, 5.74) is 1.70. The Morgan fingerprint density at radius 3 is 2.50 bits per heavy atom. The Kier molecular flexibility index (Phi) is 4.28. The molecule has 2 nitrogen and oxygen atoms in total. The monoisotopic (exact) mass is 265 g/mol. The van der Waals surface area contributed by atoms with Gasteiger partial charge in [0.15, 0.2) is 0 Å². The summed E-state index contributed by atoms with van der Waals surface area (Å²) in [7, 11) is 0. The second kappa shape index (κ2) is 5.75. The first-order valence-electron chi connectivity index (χ1n) is 6.61. The van der Waals surface area contributed by atoms with Crippen LogP contribution in [0.5, 0.6) is 0 Å². The third-order valence-electron chi connectivity index (χ3n) is 3.93. The van der Waals surface area contributed by atoms with E-state index in [2.05, 4.69) is 18.7 Å². The van der Waals surface area contributed by atoms with Gasteiger partial charge in [-0.05, 0) is 42.9 Å². The molecule has 1 aromatic rings. The fraction of sp³-hybridized carbons (Fsp3) is 0.533. The van der Waals surface area contributed by atoms with Crippen molar-refractivity contribution in [2.45, 2.75) is 26.7 Å². The van der Waals surface area contributed by atoms with Gasteiger partial charge in [-0.15, -0.1) is 0 Å². The predicted molar refractivity (Wildman–Crippen MR) is 76.6 cm³/mol. The predicted octanol–water partition coefficient (Wildman–Crippen LogP) is 4.02. The van der Waals surface area contributed by atoms with Crippen molar-refractivity contribution in [1.82, 2.24) is 0 Å². The molecule has 18 heavy (non-hydrogen) atoms. The smallest absolute Gasteiger partial charge is 0.150 e. The molecule has 1 fully saturated rings. The highest BCUT2D eigenvalue weighted by Crippen LogP contribution is 2.32. The fourth-order valence-corrected chi connectivity index (χ4v) is 2.97. The van der Waals surface area contributed by atoms with Gasteiger partial charge in [-0.25, -0.2) is 0 Å². The molecule has 0 aliphatic carbocycles. The Morgan fingerprint density at radius 1 is 1.33 bits per heavy atom. The van der Waals surface area contributed by atoms with Crippen LogP contribution >= 0.6 is 11.6 Å². The van der Waals surface area contributed by atoms with Crippen LogP contribution in [-0.4, -0.2) is 19.4 Å². The zero-order valence-corrected chi connectivity index (χ0v) is 11.8. The van der Waals surface area contributed by atoms with Crippen molar-refractivity contribution in [3.8, 4) is 0 Å². The summed E-state index contributed by atoms with van der Waals surface area (Å²) < 4.78 is 0. The van der Waals surface area contributed by atoms with E-state index in [4.69, 9.17) is 11.6 Å². The van der Waals surface area contributed by atoms with Gasteiger partial charge >= 0.3 is 0 Å². The highest BCUT2D eigenvalue weighted by molar-refractivity contribution is 6.33. The summed E-state index contributed by atoms with van der Waals surface area (Å²) in [6.07, 6.45) is 3.29. The minimum absolute atomic E-state index is 0.640. The zero-order chi connectivity index (χ0) is 13.1. The standard InChI is InChI=1S/C15H20ClNO/c1-11(2)13-5-7-17(8-6-13)15-4-3-12(10-18)9-14(15)16/h3-4,9-11,13H,5-8H2,1-2H3. The SMILES string of the molecule is CC(C)C1CCN(c2ccc(C=O)cc2Cl)CC1. The topological polar surface area (TPSA) is 20.3 Å². The van der Waals surface area contributed by atoms with Crippen molar-refractivity contribution >= 4 is 23.6 Å². The summed E-state index contributed by atoms with van der Waals surface area (Å²) in [5.74, 6) is 1.59. The molecule has 0 amide bonds. The first kappa shape index (κ1) is 13.4. The van der Waals surface area contributed by atoms with Crippen LogP contribution in [0.4, 0.5) is 5.69 Å². The number of nitrogens with zero attached hydrogens (tertiary/aromatic N) is 1. The first-order chi connectivity index (χ1) is 8.61. The molecule has 2 rings (SSSR count). The van der Waals surface area contributed by atoms with Crippen molar-refractivity contribution < 1.29 is 4.79 Å². The van der Waals surface area contributed by atoms with E-state index in [1.807, 2.05) is 12.1 Å². The molecule has 0 atom stereocenters. The van der Waals surface area contributed by atoms with Gasteiger partial charge in [-0.3, -0.25) is 4.79 Å². The van der Waals surface area contributed by atoms with Gasteiger partial charge < -0.3 is 4.90 Å². The maximum Gasteiger partial charge on any atom is 0.150 e. The third-order valence-corrected chi connectivity index (χ3v) is 4.23. The van der Waals surface area contributed by atoms with Crippen molar-refractivity contribution in [1.29, 1.82) is 0 Å². The van der Waals surface area contributed by atoms with Gasteiger partial charge in [-0.2, -0.15) is 0 Å². The zero-order valence-electron chi connectivity index (χ0n) is 11.0. The molecule has 1 aliphatic rings. The van der Waals surface area contributed by atoms with Crippen LogP contribution in [0.3, 0.4) is 0 Å². The van der Waals surface area contributed by atoms with Gasteiger partial charge in [0.05, 0.1) is 10.7 Å². The van der Waals surface area contributed by atoms with Gasteiger partial charge in [0.1, 0.15) is 6.29 Å². The summed E-state index contributed by atoms with van der Waals surface area (Å²) in [6, 6.07) is 5.54. The van der Waals surface area contributed by atoms with Crippen LogP contribution in [0.15, 0.2) is 18.2 Å². The van der Waals surface area contributed by atoms with Crippen molar-refractivity contribution in [3.63, 3.8) is 0 Å². The lowest BCUT2D eigenvalue weighted by molar-refractivity contribution is 0.112. The number of benzene rings is 1. The number of piperidine rings is 1. The number of hydrogen-bond acceptors (Lipinski definition) is 2. The average Bonchev–Trinajstić information content (AvgIpc) is 2.38. The quantitative estimate of drug-likeness (QED) is 0.769. The van der Waals surface area contributed by atoms with E-state index in [-0.39, 0.29) is 0 Å². The van der Waals surface area contributed by atoms with E-state index in [1.54, 1.807) is 6.07 Å². The molecule has 0 radical (unpaired) electrons. The van der Waals surface area contributed by atoms with Gasteiger partial charge in [0.25, 0.3) is 0 Å². The lowest BCUT2D eigenvalue weighted by Crippen LogP contribution is -2.35. The number of halogens is 1. The van der Waals surface area contributed by atoms with E-state index in [0.717, 1.165) is 36.9 Å². The molecule has 0 unspecified atom stereocenters. The van der Waals surface area contributed by atoms with Crippen molar-refractivity contribution in [2.24, 2.45) is 11.8 Å². The molecule has 0 bridgehead atoms. The summed E-state index contributed by atoms with van der Waals surface area (Å²) in [5, 5.41) is 0.683. The normalized spacial score (nSPS) is 17.2. The second-order valence-electron chi connectivity index (χ2n) is 5.40. The molecule has 3 heteroatoms. The molecule has 1 heterocycles. The summed E-state index contributed by atoms with van der Waals surface area (Å²) >= 11 is 6.24. The van der Waals surface area contributed by atoms with E-state index in [0.29, 0.717) is 10.6 Å². The van der Waals surface area contributed by atoms with Crippen LogP contribution in [0, 0.1) is 11.8 Å².